The summed E-state index contributed by atoms with van der Waals surface area (Å²) in [7, 11) is 0. The topological polar surface area (TPSA) is 92.9 Å². The van der Waals surface area contributed by atoms with Gasteiger partial charge in [0.25, 0.3) is 0 Å². The number of rotatable bonds is 4. The van der Waals surface area contributed by atoms with Crippen molar-refractivity contribution in [2.75, 3.05) is 5.32 Å². The monoisotopic (exact) mass is 415 g/mol. The molecule has 0 radical (unpaired) electrons. The molecule has 0 aliphatic rings. The third-order valence-electron chi connectivity index (χ3n) is 4.66. The lowest BCUT2D eigenvalue weighted by Gasteiger charge is -2.10. The number of nitrogens with one attached hydrogen (secondary N) is 2. The number of aromatic amines is 1. The average molecular weight is 415 g/mol. The van der Waals surface area contributed by atoms with Crippen molar-refractivity contribution in [1.82, 2.24) is 29.1 Å². The number of aryl methyl sites for hydroxylation is 1. The van der Waals surface area contributed by atoms with Crippen LogP contribution in [0.2, 0.25) is 0 Å². The normalized spacial score (nSPS) is 12.0. The molecule has 2 N–H and O–H groups in total. The van der Waals surface area contributed by atoms with Gasteiger partial charge in [0.05, 0.1) is 16.1 Å². The van der Waals surface area contributed by atoms with Crippen LogP contribution >= 0.6 is 11.3 Å². The van der Waals surface area contributed by atoms with Gasteiger partial charge in [0.1, 0.15) is 11.6 Å². The van der Waals surface area contributed by atoms with Crippen molar-refractivity contribution in [2.24, 2.45) is 0 Å². The summed E-state index contributed by atoms with van der Waals surface area (Å²) in [5.41, 5.74) is 3.41. The Morgan fingerprint density at radius 1 is 1.27 bits per heavy atom. The van der Waals surface area contributed by atoms with E-state index in [1.54, 1.807) is 16.9 Å². The summed E-state index contributed by atoms with van der Waals surface area (Å²) in [6.07, 6.45) is 9.14. The molecule has 4 heterocycles. The van der Waals surface area contributed by atoms with Crippen molar-refractivity contribution in [3.05, 3.63) is 86.1 Å². The lowest BCUT2D eigenvalue weighted by molar-refractivity contribution is 0.941. The van der Waals surface area contributed by atoms with E-state index >= 15 is 0 Å². The number of hydrogen-bond donors (Lipinski definition) is 2. The summed E-state index contributed by atoms with van der Waals surface area (Å²) in [5.74, 6) is 1.61. The predicted octanol–water partition coefficient (Wildman–Crippen LogP) is 1.96. The van der Waals surface area contributed by atoms with Gasteiger partial charge >= 0.3 is 4.87 Å². The molecule has 1 aromatic carbocycles. The SMILES string of the molecule is C=c1[nH]c(=O)s/c1=C\c1cnn2ccc(Nc3cccc(-n4ccnc4C)c3)nc12. The number of anilines is 2. The van der Waals surface area contributed by atoms with Crippen molar-refractivity contribution < 1.29 is 0 Å². The number of hydrogen-bond acceptors (Lipinski definition) is 6. The number of nitrogens with zero attached hydrogens (tertiary/aromatic N) is 5. The summed E-state index contributed by atoms with van der Waals surface area (Å²) < 4.78 is 4.48. The zero-order chi connectivity index (χ0) is 20.7. The van der Waals surface area contributed by atoms with Gasteiger partial charge in [0.2, 0.25) is 0 Å². The van der Waals surface area contributed by atoms with E-state index in [0.29, 0.717) is 16.8 Å². The first-order chi connectivity index (χ1) is 14.6. The number of thiazole rings is 1. The van der Waals surface area contributed by atoms with E-state index in [1.165, 1.54) is 0 Å². The molecule has 4 aromatic heterocycles. The molecule has 0 saturated heterocycles. The Morgan fingerprint density at radius 2 is 2.17 bits per heavy atom. The number of benzene rings is 1. The lowest BCUT2D eigenvalue weighted by atomic mass is 10.2. The summed E-state index contributed by atoms with van der Waals surface area (Å²) in [6, 6.07) is 9.89. The van der Waals surface area contributed by atoms with Crippen LogP contribution in [0.3, 0.4) is 0 Å². The van der Waals surface area contributed by atoms with Gasteiger partial charge in [-0.2, -0.15) is 5.10 Å². The van der Waals surface area contributed by atoms with Crippen LogP contribution in [0, 0.1) is 6.92 Å². The molecule has 0 aliphatic carbocycles. The molecular formula is C21H17N7OS. The zero-order valence-electron chi connectivity index (χ0n) is 16.0. The predicted molar refractivity (Wildman–Crippen MR) is 118 cm³/mol. The second kappa shape index (κ2) is 7.12. The van der Waals surface area contributed by atoms with E-state index in [0.717, 1.165) is 38.6 Å². The van der Waals surface area contributed by atoms with Gasteiger partial charge in [-0.25, -0.2) is 14.5 Å². The van der Waals surface area contributed by atoms with Crippen LogP contribution in [0.4, 0.5) is 11.5 Å². The minimum atomic E-state index is -0.133. The van der Waals surface area contributed by atoms with E-state index in [-0.39, 0.29) is 4.87 Å². The van der Waals surface area contributed by atoms with Crippen molar-refractivity contribution in [2.45, 2.75) is 6.92 Å². The van der Waals surface area contributed by atoms with Crippen molar-refractivity contribution in [3.8, 4) is 5.69 Å². The van der Waals surface area contributed by atoms with Crippen LogP contribution in [-0.4, -0.2) is 29.1 Å². The molecule has 0 spiro atoms. The van der Waals surface area contributed by atoms with Crippen LogP contribution in [0.5, 0.6) is 0 Å². The van der Waals surface area contributed by atoms with E-state index in [1.807, 2.05) is 60.3 Å². The minimum Gasteiger partial charge on any atom is -0.340 e. The first-order valence-corrected chi connectivity index (χ1v) is 10.00. The number of H-pyrrole nitrogens is 1. The maximum Gasteiger partial charge on any atom is 0.305 e. The molecule has 8 nitrogen and oxygen atoms in total. The fourth-order valence-corrected chi connectivity index (χ4v) is 3.95. The first kappa shape index (κ1) is 18.1. The Bertz CT molecular complexity index is 1540. The summed E-state index contributed by atoms with van der Waals surface area (Å²) in [5, 5.41) is 8.27. The highest BCUT2D eigenvalue weighted by molar-refractivity contribution is 7.07. The van der Waals surface area contributed by atoms with Gasteiger partial charge in [0.15, 0.2) is 5.65 Å². The Kier molecular flexibility index (Phi) is 4.29. The summed E-state index contributed by atoms with van der Waals surface area (Å²) in [4.78, 5) is 23.1. The van der Waals surface area contributed by atoms with E-state index in [4.69, 9.17) is 4.98 Å². The standard InChI is InChI=1S/C21H17N7OS/c1-13-18(30-21(29)24-13)10-15-12-23-28-8-6-19(26-20(15)28)25-16-4-3-5-17(11-16)27-9-7-22-14(27)2/h3-12H,1H2,2H3,(H,24,29)(H,25,26)/b18-10-. The maximum atomic E-state index is 11.5. The molecule has 30 heavy (non-hydrogen) atoms. The molecule has 0 fully saturated rings. The van der Waals surface area contributed by atoms with Crippen LogP contribution in [0.1, 0.15) is 11.4 Å². The highest BCUT2D eigenvalue weighted by Crippen LogP contribution is 2.20. The Hall–Kier alpha value is -3.98. The lowest BCUT2D eigenvalue weighted by Crippen LogP contribution is -2.19. The second-order valence-electron chi connectivity index (χ2n) is 6.70. The third kappa shape index (κ3) is 3.31. The van der Waals surface area contributed by atoms with Gasteiger partial charge in [-0.1, -0.05) is 24.0 Å². The van der Waals surface area contributed by atoms with Crippen molar-refractivity contribution in [3.63, 3.8) is 0 Å². The quantitative estimate of drug-likeness (QED) is 0.468. The highest BCUT2D eigenvalue weighted by Gasteiger charge is 2.07. The van der Waals surface area contributed by atoms with E-state index in [2.05, 4.69) is 27.0 Å². The first-order valence-electron chi connectivity index (χ1n) is 9.18. The van der Waals surface area contributed by atoms with Gasteiger partial charge in [0, 0.05) is 35.5 Å². The van der Waals surface area contributed by atoms with Gasteiger partial charge in [-0.15, -0.1) is 0 Å². The second-order valence-corrected chi connectivity index (χ2v) is 7.72. The number of fused-ring (bicyclic) bond motifs is 1. The van der Waals surface area contributed by atoms with E-state index in [9.17, 15) is 4.79 Å². The smallest absolute Gasteiger partial charge is 0.305 e. The van der Waals surface area contributed by atoms with Crippen LogP contribution in [-0.2, 0) is 0 Å². The molecular weight excluding hydrogens is 398 g/mol. The molecule has 0 amide bonds. The minimum absolute atomic E-state index is 0.133. The van der Waals surface area contributed by atoms with E-state index < -0.39 is 0 Å². The molecule has 0 saturated carbocycles. The van der Waals surface area contributed by atoms with Crippen LogP contribution in [0.25, 0.3) is 24.0 Å². The molecule has 0 aliphatic heterocycles. The fraction of sp³-hybridized carbons (Fsp3) is 0.0476. The van der Waals surface area contributed by atoms with Crippen molar-refractivity contribution in [1.29, 1.82) is 0 Å². The molecule has 0 unspecified atom stereocenters. The van der Waals surface area contributed by atoms with Gasteiger partial charge < -0.3 is 14.9 Å². The molecule has 148 valence electrons. The fourth-order valence-electron chi connectivity index (χ4n) is 3.22. The molecule has 0 atom stereocenters. The maximum absolute atomic E-state index is 11.5. The van der Waals surface area contributed by atoms with Crippen molar-refractivity contribution >= 4 is 41.1 Å². The summed E-state index contributed by atoms with van der Waals surface area (Å²) >= 11 is 1.11. The number of imidazole rings is 1. The average Bonchev–Trinajstić information content (AvgIpc) is 3.42. The van der Waals surface area contributed by atoms with Crippen LogP contribution < -0.4 is 20.1 Å². The molecule has 0 bridgehead atoms. The third-order valence-corrected chi connectivity index (χ3v) is 5.53. The van der Waals surface area contributed by atoms with Crippen LogP contribution in [0.15, 0.2) is 59.9 Å². The largest absolute Gasteiger partial charge is 0.340 e. The summed E-state index contributed by atoms with van der Waals surface area (Å²) in [6.45, 7) is 5.83. The molecule has 5 aromatic rings. The number of aromatic nitrogens is 6. The Morgan fingerprint density at radius 3 is 2.93 bits per heavy atom. The Balaban J connectivity index is 1.51. The zero-order valence-corrected chi connectivity index (χ0v) is 16.8. The van der Waals surface area contributed by atoms with Gasteiger partial charge in [-0.3, -0.25) is 4.79 Å². The highest BCUT2D eigenvalue weighted by atomic mass is 32.1. The molecule has 9 heteroatoms. The molecule has 5 rings (SSSR count). The Labute approximate surface area is 174 Å². The van der Waals surface area contributed by atoms with Gasteiger partial charge in [-0.05, 0) is 37.3 Å².